The van der Waals surface area contributed by atoms with Crippen molar-refractivity contribution < 1.29 is 4.79 Å². The van der Waals surface area contributed by atoms with E-state index in [0.717, 1.165) is 49.4 Å². The molecule has 0 saturated heterocycles. The van der Waals surface area contributed by atoms with Crippen LogP contribution < -0.4 is 16.2 Å². The van der Waals surface area contributed by atoms with E-state index in [1.807, 2.05) is 43.7 Å². The first-order chi connectivity index (χ1) is 12.0. The number of anilines is 1. The molecule has 2 aromatic rings. The lowest BCUT2D eigenvalue weighted by Gasteiger charge is -2.18. The van der Waals surface area contributed by atoms with Gasteiger partial charge in [-0.25, -0.2) is 0 Å². The number of hydrogen-bond acceptors (Lipinski definition) is 3. The summed E-state index contributed by atoms with van der Waals surface area (Å²) in [4.78, 5) is 25.2. The second-order valence-electron chi connectivity index (χ2n) is 6.51. The molecule has 0 spiro atoms. The maximum Gasteiger partial charge on any atom is 0.271 e. The smallest absolute Gasteiger partial charge is 0.271 e. The Morgan fingerprint density at radius 3 is 2.56 bits per heavy atom. The summed E-state index contributed by atoms with van der Waals surface area (Å²) in [5.41, 5.74) is 4.20. The average molecular weight is 342 g/mol. The van der Waals surface area contributed by atoms with E-state index < -0.39 is 0 Å². The monoisotopic (exact) mass is 342 g/mol. The van der Waals surface area contributed by atoms with Gasteiger partial charge in [-0.2, -0.15) is 0 Å². The molecule has 134 valence electrons. The first-order valence-electron chi connectivity index (χ1n) is 8.95. The highest BCUT2D eigenvalue weighted by atomic mass is 16.2. The summed E-state index contributed by atoms with van der Waals surface area (Å²) in [6.07, 6.45) is 2.13. The van der Waals surface area contributed by atoms with E-state index in [1.165, 1.54) is 0 Å². The lowest BCUT2D eigenvalue weighted by Crippen LogP contribution is -2.30. The molecule has 0 saturated carbocycles. The first kappa shape index (κ1) is 17.3. The molecule has 1 aliphatic heterocycles. The van der Waals surface area contributed by atoms with Crippen LogP contribution in [0.25, 0.3) is 0 Å². The molecule has 1 aromatic heterocycles. The predicted octanol–water partition coefficient (Wildman–Crippen LogP) is 2.42. The number of aromatic nitrogens is 2. The minimum absolute atomic E-state index is 0.0237. The van der Waals surface area contributed by atoms with Crippen LogP contribution in [0.4, 0.5) is 5.69 Å². The van der Waals surface area contributed by atoms with Gasteiger partial charge in [0.25, 0.3) is 11.5 Å². The lowest BCUT2D eigenvalue weighted by molar-refractivity contribution is 0.0950. The van der Waals surface area contributed by atoms with Gasteiger partial charge in [0.15, 0.2) is 0 Å². The Balaban J connectivity index is 1.79. The fraction of sp³-hybridized carbons (Fsp3) is 0.474. The van der Waals surface area contributed by atoms with Crippen LogP contribution in [0, 0.1) is 13.8 Å². The Hall–Kier alpha value is -2.50. The minimum Gasteiger partial charge on any atom is -0.385 e. The summed E-state index contributed by atoms with van der Waals surface area (Å²) in [6.45, 7) is 8.62. The molecule has 2 heterocycles. The minimum atomic E-state index is -0.148. The molecule has 1 amide bonds. The van der Waals surface area contributed by atoms with Crippen molar-refractivity contribution in [1.82, 2.24) is 14.7 Å². The number of fused-ring (bicyclic) bond motifs is 1. The SMILES string of the molecule is CCNc1cccc(C(=O)NCc2c(C)n3n(c2=O)CCCC3)c1C. The van der Waals surface area contributed by atoms with E-state index in [1.54, 1.807) is 4.68 Å². The van der Waals surface area contributed by atoms with Crippen LogP contribution in [0.15, 0.2) is 23.0 Å². The molecule has 0 fully saturated rings. The quantitative estimate of drug-likeness (QED) is 0.877. The highest BCUT2D eigenvalue weighted by Gasteiger charge is 2.20. The molecule has 3 rings (SSSR count). The van der Waals surface area contributed by atoms with Crippen molar-refractivity contribution in [1.29, 1.82) is 0 Å². The van der Waals surface area contributed by atoms with Crippen molar-refractivity contribution in [2.75, 3.05) is 11.9 Å². The van der Waals surface area contributed by atoms with Crippen molar-refractivity contribution in [3.8, 4) is 0 Å². The van der Waals surface area contributed by atoms with Gasteiger partial charge in [-0.05, 0) is 51.3 Å². The predicted molar refractivity (Wildman–Crippen MR) is 99.2 cm³/mol. The maximum atomic E-state index is 12.6. The number of carbonyl (C=O) groups excluding carboxylic acids is 1. The number of rotatable bonds is 5. The van der Waals surface area contributed by atoms with Gasteiger partial charge in [-0.3, -0.25) is 19.0 Å². The molecule has 0 atom stereocenters. The fourth-order valence-corrected chi connectivity index (χ4v) is 3.52. The van der Waals surface area contributed by atoms with Crippen LogP contribution in [0.3, 0.4) is 0 Å². The van der Waals surface area contributed by atoms with Crippen molar-refractivity contribution in [3.05, 3.63) is 50.9 Å². The summed E-state index contributed by atoms with van der Waals surface area (Å²) in [7, 11) is 0. The van der Waals surface area contributed by atoms with Crippen molar-refractivity contribution in [2.45, 2.75) is 53.2 Å². The van der Waals surface area contributed by atoms with Gasteiger partial charge < -0.3 is 10.6 Å². The van der Waals surface area contributed by atoms with Crippen LogP contribution in [-0.2, 0) is 19.6 Å². The number of carbonyl (C=O) groups is 1. The normalized spacial score (nSPS) is 13.4. The third kappa shape index (κ3) is 3.21. The van der Waals surface area contributed by atoms with E-state index in [2.05, 4.69) is 10.6 Å². The zero-order valence-electron chi connectivity index (χ0n) is 15.2. The van der Waals surface area contributed by atoms with Crippen LogP contribution in [-0.4, -0.2) is 21.8 Å². The molecule has 2 N–H and O–H groups in total. The molecule has 0 bridgehead atoms. The van der Waals surface area contributed by atoms with Crippen LogP contribution in [0.5, 0.6) is 0 Å². The Bertz CT molecular complexity index is 848. The van der Waals surface area contributed by atoms with Gasteiger partial charge in [0.05, 0.1) is 12.1 Å². The van der Waals surface area contributed by atoms with Crippen molar-refractivity contribution in [2.24, 2.45) is 0 Å². The van der Waals surface area contributed by atoms with Gasteiger partial charge >= 0.3 is 0 Å². The molecule has 6 heteroatoms. The summed E-state index contributed by atoms with van der Waals surface area (Å²) in [5, 5.41) is 6.18. The molecular formula is C19H26N4O2. The van der Waals surface area contributed by atoms with Gasteiger partial charge in [0.1, 0.15) is 0 Å². The van der Waals surface area contributed by atoms with Crippen molar-refractivity contribution in [3.63, 3.8) is 0 Å². The van der Waals surface area contributed by atoms with Gasteiger partial charge in [-0.1, -0.05) is 6.07 Å². The zero-order chi connectivity index (χ0) is 18.0. The largest absolute Gasteiger partial charge is 0.385 e. The van der Waals surface area contributed by atoms with E-state index >= 15 is 0 Å². The second-order valence-corrected chi connectivity index (χ2v) is 6.51. The van der Waals surface area contributed by atoms with E-state index in [9.17, 15) is 9.59 Å². The van der Waals surface area contributed by atoms with Crippen LogP contribution in [0.2, 0.25) is 0 Å². The molecule has 0 aliphatic carbocycles. The number of hydrogen-bond donors (Lipinski definition) is 2. The summed E-state index contributed by atoms with van der Waals surface area (Å²) in [6, 6.07) is 5.65. The molecule has 6 nitrogen and oxygen atoms in total. The lowest BCUT2D eigenvalue weighted by atomic mass is 10.1. The van der Waals surface area contributed by atoms with E-state index in [-0.39, 0.29) is 18.0 Å². The van der Waals surface area contributed by atoms with Gasteiger partial charge in [0, 0.05) is 36.6 Å². The third-order valence-electron chi connectivity index (χ3n) is 4.97. The van der Waals surface area contributed by atoms with E-state index in [4.69, 9.17) is 0 Å². The first-order valence-corrected chi connectivity index (χ1v) is 8.95. The van der Waals surface area contributed by atoms with E-state index in [0.29, 0.717) is 11.1 Å². The Labute approximate surface area is 147 Å². The number of benzene rings is 1. The van der Waals surface area contributed by atoms with Crippen molar-refractivity contribution >= 4 is 11.6 Å². The molecule has 0 unspecified atom stereocenters. The number of amides is 1. The number of nitrogens with one attached hydrogen (secondary N) is 2. The molecular weight excluding hydrogens is 316 g/mol. The maximum absolute atomic E-state index is 12.6. The third-order valence-corrected chi connectivity index (χ3v) is 4.97. The highest BCUT2D eigenvalue weighted by molar-refractivity contribution is 5.97. The zero-order valence-corrected chi connectivity index (χ0v) is 15.2. The Morgan fingerprint density at radius 1 is 1.16 bits per heavy atom. The highest BCUT2D eigenvalue weighted by Crippen LogP contribution is 2.19. The average Bonchev–Trinajstić information content (AvgIpc) is 2.86. The molecule has 1 aliphatic rings. The Kier molecular flexibility index (Phi) is 4.97. The van der Waals surface area contributed by atoms with Gasteiger partial charge in [0.2, 0.25) is 0 Å². The van der Waals surface area contributed by atoms with Crippen LogP contribution >= 0.6 is 0 Å². The standard InChI is InChI=1S/C19H26N4O2/c1-4-20-17-9-7-8-15(13(17)2)18(24)21-12-16-14(3)22-10-5-6-11-23(22)19(16)25/h7-9,20H,4-6,10-12H2,1-3H3,(H,21,24). The summed E-state index contributed by atoms with van der Waals surface area (Å²) in [5.74, 6) is -0.148. The summed E-state index contributed by atoms with van der Waals surface area (Å²) < 4.78 is 3.85. The van der Waals surface area contributed by atoms with Gasteiger partial charge in [-0.15, -0.1) is 0 Å². The molecule has 0 radical (unpaired) electrons. The topological polar surface area (TPSA) is 68.1 Å². The Morgan fingerprint density at radius 2 is 1.88 bits per heavy atom. The molecule has 1 aromatic carbocycles. The second kappa shape index (κ2) is 7.17. The summed E-state index contributed by atoms with van der Waals surface area (Å²) >= 11 is 0. The van der Waals surface area contributed by atoms with Crippen LogP contribution in [0.1, 0.15) is 46.9 Å². The fourth-order valence-electron chi connectivity index (χ4n) is 3.52. The molecule has 25 heavy (non-hydrogen) atoms. The number of nitrogens with zero attached hydrogens (tertiary/aromatic N) is 2.